The predicted octanol–water partition coefficient (Wildman–Crippen LogP) is 2.89. The summed E-state index contributed by atoms with van der Waals surface area (Å²) >= 11 is 1.61. The van der Waals surface area contributed by atoms with Crippen LogP contribution in [0.5, 0.6) is 0 Å². The van der Waals surface area contributed by atoms with Crippen molar-refractivity contribution < 1.29 is 19.1 Å². The Bertz CT molecular complexity index is 1140. The Morgan fingerprint density at radius 1 is 1.21 bits per heavy atom. The van der Waals surface area contributed by atoms with E-state index in [0.29, 0.717) is 19.5 Å². The third-order valence-corrected chi connectivity index (χ3v) is 6.67. The molecule has 1 aliphatic rings. The number of nitrogens with one attached hydrogen (secondary N) is 1. The third kappa shape index (κ3) is 4.68. The highest BCUT2D eigenvalue weighted by Gasteiger charge is 2.48. The molecule has 33 heavy (non-hydrogen) atoms. The molecule has 1 aromatic carbocycles. The number of hydrogen-bond acceptors (Lipinski definition) is 6. The van der Waals surface area contributed by atoms with Gasteiger partial charge in [-0.3, -0.25) is 14.3 Å². The van der Waals surface area contributed by atoms with E-state index < -0.39 is 11.5 Å². The van der Waals surface area contributed by atoms with Gasteiger partial charge in [0.05, 0.1) is 13.2 Å². The van der Waals surface area contributed by atoms with Crippen LogP contribution >= 0.6 is 11.3 Å². The molecule has 2 amide bonds. The largest absolute Gasteiger partial charge is 0.461 e. The number of carbonyl (C=O) groups excluding carboxylic acids is 3. The summed E-state index contributed by atoms with van der Waals surface area (Å²) in [5.41, 5.74) is 0.129. The molecule has 2 aromatic heterocycles. The maximum absolute atomic E-state index is 13.5. The highest BCUT2D eigenvalue weighted by Crippen LogP contribution is 2.28. The summed E-state index contributed by atoms with van der Waals surface area (Å²) in [5, 5.41) is 9.23. The molecule has 172 valence electrons. The van der Waals surface area contributed by atoms with Crippen LogP contribution in [0, 0.1) is 0 Å². The fraction of sp³-hybridized carbons (Fsp3) is 0.333. The van der Waals surface area contributed by atoms with Gasteiger partial charge in [0.25, 0.3) is 5.91 Å². The number of thiophene rings is 1. The van der Waals surface area contributed by atoms with Gasteiger partial charge in [-0.05, 0) is 37.3 Å². The van der Waals surface area contributed by atoms with E-state index in [1.165, 1.54) is 10.7 Å². The van der Waals surface area contributed by atoms with E-state index in [4.69, 9.17) is 4.74 Å². The quantitative estimate of drug-likeness (QED) is 0.515. The number of ether oxygens (including phenoxy) is 1. The molecule has 0 unspecified atom stereocenters. The molecule has 3 aromatic rings. The van der Waals surface area contributed by atoms with Crippen molar-refractivity contribution >= 4 is 29.1 Å². The number of benzene rings is 1. The van der Waals surface area contributed by atoms with Crippen molar-refractivity contribution in [3.05, 3.63) is 75.7 Å². The molecule has 0 saturated heterocycles. The van der Waals surface area contributed by atoms with Crippen LogP contribution in [-0.4, -0.2) is 51.2 Å². The Kier molecular flexibility index (Phi) is 6.60. The van der Waals surface area contributed by atoms with Gasteiger partial charge in [-0.2, -0.15) is 5.10 Å². The lowest BCUT2D eigenvalue weighted by Gasteiger charge is -2.43. The molecule has 8 nitrogen and oxygen atoms in total. The van der Waals surface area contributed by atoms with Gasteiger partial charge in [-0.25, -0.2) is 4.79 Å². The molecule has 1 aliphatic heterocycles. The van der Waals surface area contributed by atoms with Crippen molar-refractivity contribution in [2.45, 2.75) is 38.9 Å². The number of fused-ring (bicyclic) bond motifs is 1. The molecule has 9 heteroatoms. The van der Waals surface area contributed by atoms with E-state index in [2.05, 4.69) is 10.4 Å². The van der Waals surface area contributed by atoms with Gasteiger partial charge < -0.3 is 15.0 Å². The first-order valence-corrected chi connectivity index (χ1v) is 11.7. The predicted molar refractivity (Wildman–Crippen MR) is 124 cm³/mol. The Balaban J connectivity index is 1.62. The van der Waals surface area contributed by atoms with Crippen LogP contribution in [0.1, 0.15) is 45.3 Å². The van der Waals surface area contributed by atoms with E-state index >= 15 is 0 Å². The van der Waals surface area contributed by atoms with Crippen molar-refractivity contribution in [1.29, 1.82) is 0 Å². The molecule has 4 rings (SSSR count). The SMILES string of the molecule is CCOC(=O)c1cc2n(n1)C[C@](C)(C(=O)NCc1ccccc1)N(CCc1cccs1)C2=O. The molecule has 0 radical (unpaired) electrons. The van der Waals surface area contributed by atoms with Crippen molar-refractivity contribution in [2.75, 3.05) is 13.2 Å². The number of hydrogen-bond donors (Lipinski definition) is 1. The molecular weight excluding hydrogens is 440 g/mol. The summed E-state index contributed by atoms with van der Waals surface area (Å²) in [7, 11) is 0. The number of esters is 1. The van der Waals surface area contributed by atoms with Gasteiger partial charge in [0.15, 0.2) is 5.69 Å². The highest BCUT2D eigenvalue weighted by molar-refractivity contribution is 7.09. The molecular formula is C24H26N4O4S. The molecule has 0 fully saturated rings. The Hall–Kier alpha value is -3.46. The monoisotopic (exact) mass is 466 g/mol. The van der Waals surface area contributed by atoms with Gasteiger partial charge in [0.2, 0.25) is 5.91 Å². The summed E-state index contributed by atoms with van der Waals surface area (Å²) in [6, 6.07) is 15.0. The number of aromatic nitrogens is 2. The zero-order chi connectivity index (χ0) is 23.4. The van der Waals surface area contributed by atoms with Crippen LogP contribution in [-0.2, 0) is 29.0 Å². The molecule has 0 bridgehead atoms. The second-order valence-electron chi connectivity index (χ2n) is 8.02. The van der Waals surface area contributed by atoms with E-state index in [-0.39, 0.29) is 36.4 Å². The average molecular weight is 467 g/mol. The van der Waals surface area contributed by atoms with Crippen molar-refractivity contribution in [2.24, 2.45) is 0 Å². The summed E-state index contributed by atoms with van der Waals surface area (Å²) < 4.78 is 6.48. The van der Waals surface area contributed by atoms with Crippen molar-refractivity contribution in [3.8, 4) is 0 Å². The lowest BCUT2D eigenvalue weighted by molar-refractivity contribution is -0.133. The normalized spacial score (nSPS) is 17.5. The topological polar surface area (TPSA) is 93.5 Å². The van der Waals surface area contributed by atoms with Crippen LogP contribution in [0.25, 0.3) is 0 Å². The molecule has 3 heterocycles. The van der Waals surface area contributed by atoms with Crippen LogP contribution < -0.4 is 5.32 Å². The summed E-state index contributed by atoms with van der Waals surface area (Å²) in [5.74, 6) is -1.20. The van der Waals surface area contributed by atoms with Crippen LogP contribution in [0.2, 0.25) is 0 Å². The second-order valence-corrected chi connectivity index (χ2v) is 9.05. The number of rotatable bonds is 8. The van der Waals surface area contributed by atoms with E-state index in [0.717, 1.165) is 10.4 Å². The zero-order valence-corrected chi connectivity index (χ0v) is 19.4. The first-order valence-electron chi connectivity index (χ1n) is 10.8. The molecule has 0 aliphatic carbocycles. The standard InChI is InChI=1S/C24H26N4O4S/c1-3-32-22(30)19-14-20-21(29)27(12-11-18-10-7-13-33-18)24(2,16-28(20)26-19)23(31)25-15-17-8-5-4-6-9-17/h4-10,13-14H,3,11-12,15-16H2,1-2H3,(H,25,31)/t24-/m1/s1. The fourth-order valence-electron chi connectivity index (χ4n) is 3.94. The lowest BCUT2D eigenvalue weighted by atomic mass is 9.94. The summed E-state index contributed by atoms with van der Waals surface area (Å²) in [6.45, 7) is 4.52. The lowest BCUT2D eigenvalue weighted by Crippen LogP contribution is -2.64. The highest BCUT2D eigenvalue weighted by atomic mass is 32.1. The maximum atomic E-state index is 13.5. The first-order chi connectivity index (χ1) is 15.9. The third-order valence-electron chi connectivity index (χ3n) is 5.73. The second kappa shape index (κ2) is 9.58. The minimum absolute atomic E-state index is 0.0624. The van der Waals surface area contributed by atoms with E-state index in [1.807, 2.05) is 47.8 Å². The fourth-order valence-corrected chi connectivity index (χ4v) is 4.64. The summed E-state index contributed by atoms with van der Waals surface area (Å²) in [6.07, 6.45) is 0.629. The smallest absolute Gasteiger partial charge is 0.358 e. The maximum Gasteiger partial charge on any atom is 0.358 e. The van der Waals surface area contributed by atoms with Crippen LogP contribution in [0.15, 0.2) is 53.9 Å². The van der Waals surface area contributed by atoms with Crippen molar-refractivity contribution in [3.63, 3.8) is 0 Å². The molecule has 0 saturated carbocycles. The average Bonchev–Trinajstić information content (AvgIpc) is 3.48. The first kappa shape index (κ1) is 22.7. The Labute approximate surface area is 196 Å². The van der Waals surface area contributed by atoms with Gasteiger partial charge in [-0.1, -0.05) is 36.4 Å². The molecule has 1 N–H and O–H groups in total. The Morgan fingerprint density at radius 2 is 2.00 bits per heavy atom. The van der Waals surface area contributed by atoms with Gasteiger partial charge >= 0.3 is 5.97 Å². The van der Waals surface area contributed by atoms with Crippen LogP contribution in [0.3, 0.4) is 0 Å². The minimum atomic E-state index is -1.17. The summed E-state index contributed by atoms with van der Waals surface area (Å²) in [4.78, 5) is 41.8. The number of carbonyl (C=O) groups is 3. The van der Waals surface area contributed by atoms with E-state index in [9.17, 15) is 14.4 Å². The number of amides is 2. The van der Waals surface area contributed by atoms with Crippen molar-refractivity contribution in [1.82, 2.24) is 20.0 Å². The van der Waals surface area contributed by atoms with E-state index in [1.54, 1.807) is 30.1 Å². The van der Waals surface area contributed by atoms with Crippen LogP contribution in [0.4, 0.5) is 0 Å². The Morgan fingerprint density at radius 3 is 2.70 bits per heavy atom. The zero-order valence-electron chi connectivity index (χ0n) is 18.6. The van der Waals surface area contributed by atoms with Gasteiger partial charge in [0, 0.05) is 24.0 Å². The minimum Gasteiger partial charge on any atom is -0.461 e. The number of nitrogens with zero attached hydrogens (tertiary/aromatic N) is 3. The molecule has 1 atom stereocenters. The van der Waals surface area contributed by atoms with Gasteiger partial charge in [-0.15, -0.1) is 11.3 Å². The molecule has 0 spiro atoms. The van der Waals surface area contributed by atoms with Gasteiger partial charge in [0.1, 0.15) is 11.2 Å².